The average Bonchev–Trinajstić information content (AvgIpc) is 2.73. The van der Waals surface area contributed by atoms with Crippen LogP contribution in [0.1, 0.15) is 99.8 Å². The number of rotatable bonds is 1. The van der Waals surface area contributed by atoms with Gasteiger partial charge in [-0.25, -0.2) is 0 Å². The number of aliphatic hydroxyl groups excluding tert-OH is 1. The summed E-state index contributed by atoms with van der Waals surface area (Å²) in [5.41, 5.74) is 0.878. The first-order chi connectivity index (χ1) is 15.6. The van der Waals surface area contributed by atoms with Gasteiger partial charge in [-0.3, -0.25) is 4.79 Å². The predicted octanol–water partition coefficient (Wildman–Crippen LogP) is 6.06. The molecule has 3 N–H and O–H groups in total. The molecule has 5 aliphatic rings. The second-order valence-corrected chi connectivity index (χ2v) is 14.7. The van der Waals surface area contributed by atoms with Gasteiger partial charge < -0.3 is 15.3 Å². The summed E-state index contributed by atoms with van der Waals surface area (Å²) in [4.78, 5) is 12.3. The van der Waals surface area contributed by atoms with Gasteiger partial charge in [0.15, 0.2) is 0 Å². The molecule has 11 atom stereocenters. The van der Waals surface area contributed by atoms with Crippen LogP contribution in [-0.2, 0) is 4.79 Å². The van der Waals surface area contributed by atoms with Gasteiger partial charge in [-0.1, -0.05) is 53.2 Å². The number of hydrogen-bond donors (Lipinski definition) is 3. The SMILES string of the molecule is C[C@@H]1[C@H]2C3=CCC4[C@@]5(C)CC[C@H](O)C(C)(C)C5CC[C@@]4(C)[C@]3(C)CCC2[C@H](C(=O)O)C[C@]1(C)O. The molecular formula is C30H48O4. The Morgan fingerprint density at radius 1 is 0.971 bits per heavy atom. The molecule has 0 heterocycles. The number of fused-ring (bicyclic) bond motifs is 7. The molecule has 4 heteroatoms. The Bertz CT molecular complexity index is 903. The van der Waals surface area contributed by atoms with Crippen molar-refractivity contribution in [2.45, 2.75) is 112 Å². The fourth-order valence-corrected chi connectivity index (χ4v) is 10.9. The van der Waals surface area contributed by atoms with E-state index in [1.165, 1.54) is 12.0 Å². The van der Waals surface area contributed by atoms with Crippen molar-refractivity contribution >= 4 is 5.97 Å². The highest BCUT2D eigenvalue weighted by Gasteiger charge is 2.68. The van der Waals surface area contributed by atoms with Crippen LogP contribution in [0.5, 0.6) is 0 Å². The first kappa shape index (κ1) is 24.8. The Morgan fingerprint density at radius 3 is 2.29 bits per heavy atom. The van der Waals surface area contributed by atoms with E-state index in [-0.39, 0.29) is 45.5 Å². The lowest BCUT2D eigenvalue weighted by molar-refractivity contribution is -0.205. The van der Waals surface area contributed by atoms with E-state index in [2.05, 4.69) is 47.6 Å². The molecule has 4 nitrogen and oxygen atoms in total. The Labute approximate surface area is 206 Å². The molecule has 0 aliphatic heterocycles. The number of aliphatic carboxylic acids is 1. The van der Waals surface area contributed by atoms with E-state index in [0.717, 1.165) is 38.5 Å². The van der Waals surface area contributed by atoms with Crippen LogP contribution in [0.25, 0.3) is 0 Å². The lowest BCUT2D eigenvalue weighted by Crippen LogP contribution is -2.65. The van der Waals surface area contributed by atoms with Crippen molar-refractivity contribution in [1.29, 1.82) is 0 Å². The fourth-order valence-electron chi connectivity index (χ4n) is 10.9. The summed E-state index contributed by atoms with van der Waals surface area (Å²) < 4.78 is 0. The molecule has 34 heavy (non-hydrogen) atoms. The molecule has 4 saturated carbocycles. The average molecular weight is 473 g/mol. The summed E-state index contributed by atoms with van der Waals surface area (Å²) >= 11 is 0. The molecule has 0 aromatic carbocycles. The molecule has 0 radical (unpaired) electrons. The smallest absolute Gasteiger partial charge is 0.306 e. The highest BCUT2D eigenvalue weighted by molar-refractivity contribution is 5.71. The molecule has 0 saturated heterocycles. The van der Waals surface area contributed by atoms with Crippen LogP contribution in [-0.4, -0.2) is 33.0 Å². The van der Waals surface area contributed by atoms with Gasteiger partial charge in [0, 0.05) is 0 Å². The van der Waals surface area contributed by atoms with Gasteiger partial charge in [-0.2, -0.15) is 0 Å². The maximum atomic E-state index is 12.3. The molecule has 5 aliphatic carbocycles. The van der Waals surface area contributed by atoms with Crippen molar-refractivity contribution in [2.24, 2.45) is 57.2 Å². The van der Waals surface area contributed by atoms with E-state index in [1.807, 2.05) is 6.92 Å². The Morgan fingerprint density at radius 2 is 1.65 bits per heavy atom. The first-order valence-electron chi connectivity index (χ1n) is 13.9. The fraction of sp³-hybridized carbons (Fsp3) is 0.900. The highest BCUT2D eigenvalue weighted by atomic mass is 16.4. The number of carboxylic acid groups (broad SMARTS) is 1. The summed E-state index contributed by atoms with van der Waals surface area (Å²) in [5, 5.41) is 32.3. The van der Waals surface area contributed by atoms with Crippen LogP contribution >= 0.6 is 0 Å². The van der Waals surface area contributed by atoms with Crippen LogP contribution < -0.4 is 0 Å². The normalized spacial score (nSPS) is 56.3. The van der Waals surface area contributed by atoms with Crippen LogP contribution in [0.3, 0.4) is 0 Å². The highest BCUT2D eigenvalue weighted by Crippen LogP contribution is 2.74. The van der Waals surface area contributed by atoms with Crippen molar-refractivity contribution < 1.29 is 20.1 Å². The summed E-state index contributed by atoms with van der Waals surface area (Å²) in [6.45, 7) is 16.2. The van der Waals surface area contributed by atoms with Gasteiger partial charge in [0.25, 0.3) is 0 Å². The number of carboxylic acids is 1. The first-order valence-corrected chi connectivity index (χ1v) is 13.9. The van der Waals surface area contributed by atoms with E-state index in [9.17, 15) is 20.1 Å². The molecule has 0 spiro atoms. The van der Waals surface area contributed by atoms with Gasteiger partial charge in [-0.05, 0) is 110 Å². The summed E-state index contributed by atoms with van der Waals surface area (Å²) in [6, 6.07) is 0. The quantitative estimate of drug-likeness (QED) is 0.405. The van der Waals surface area contributed by atoms with E-state index in [0.29, 0.717) is 18.3 Å². The molecular weight excluding hydrogens is 424 g/mol. The third kappa shape index (κ3) is 2.93. The predicted molar refractivity (Wildman–Crippen MR) is 134 cm³/mol. The maximum absolute atomic E-state index is 12.3. The molecule has 0 amide bonds. The molecule has 0 aromatic heterocycles. The molecule has 0 aromatic rings. The van der Waals surface area contributed by atoms with Crippen LogP contribution in [0.15, 0.2) is 11.6 Å². The van der Waals surface area contributed by atoms with E-state index >= 15 is 0 Å². The molecule has 4 fully saturated rings. The number of allylic oxidation sites excluding steroid dienone is 2. The van der Waals surface area contributed by atoms with Crippen LogP contribution in [0.2, 0.25) is 0 Å². The van der Waals surface area contributed by atoms with Crippen molar-refractivity contribution in [3.63, 3.8) is 0 Å². The zero-order valence-corrected chi connectivity index (χ0v) is 22.5. The zero-order valence-electron chi connectivity index (χ0n) is 22.5. The van der Waals surface area contributed by atoms with Crippen LogP contribution in [0.4, 0.5) is 0 Å². The van der Waals surface area contributed by atoms with Crippen molar-refractivity contribution in [2.75, 3.05) is 0 Å². The van der Waals surface area contributed by atoms with Crippen molar-refractivity contribution in [1.82, 2.24) is 0 Å². The van der Waals surface area contributed by atoms with Gasteiger partial charge in [0.05, 0.1) is 17.6 Å². The summed E-state index contributed by atoms with van der Waals surface area (Å²) in [6.07, 6.45) is 10.1. The van der Waals surface area contributed by atoms with Crippen molar-refractivity contribution in [3.8, 4) is 0 Å². The minimum Gasteiger partial charge on any atom is -0.481 e. The van der Waals surface area contributed by atoms with E-state index in [4.69, 9.17) is 0 Å². The largest absolute Gasteiger partial charge is 0.481 e. The molecule has 3 unspecified atom stereocenters. The Hall–Kier alpha value is -0.870. The second-order valence-electron chi connectivity index (χ2n) is 14.7. The number of aliphatic hydroxyl groups is 2. The second kappa shape index (κ2) is 7.34. The Balaban J connectivity index is 1.59. The molecule has 192 valence electrons. The monoisotopic (exact) mass is 472 g/mol. The minimum absolute atomic E-state index is 0.0377. The molecule has 5 rings (SSSR count). The minimum atomic E-state index is -0.950. The lowest BCUT2D eigenvalue weighted by atomic mass is 9.34. The third-order valence-electron chi connectivity index (χ3n) is 13.3. The number of hydrogen-bond acceptors (Lipinski definition) is 3. The summed E-state index contributed by atoms with van der Waals surface area (Å²) in [5.74, 6) is 0.255. The van der Waals surface area contributed by atoms with Crippen molar-refractivity contribution in [3.05, 3.63) is 11.6 Å². The Kier molecular flexibility index (Phi) is 5.36. The van der Waals surface area contributed by atoms with Crippen LogP contribution in [0, 0.1) is 57.2 Å². The summed E-state index contributed by atoms with van der Waals surface area (Å²) in [7, 11) is 0. The van der Waals surface area contributed by atoms with Gasteiger partial charge in [0.2, 0.25) is 0 Å². The maximum Gasteiger partial charge on any atom is 0.306 e. The zero-order chi connectivity index (χ0) is 25.1. The molecule has 0 bridgehead atoms. The van der Waals surface area contributed by atoms with Gasteiger partial charge in [-0.15, -0.1) is 0 Å². The van der Waals surface area contributed by atoms with Gasteiger partial charge in [0.1, 0.15) is 0 Å². The van der Waals surface area contributed by atoms with Gasteiger partial charge >= 0.3 is 5.97 Å². The third-order valence-corrected chi connectivity index (χ3v) is 13.3. The van der Waals surface area contributed by atoms with E-state index in [1.54, 1.807) is 0 Å². The number of carbonyl (C=O) groups is 1. The van der Waals surface area contributed by atoms with E-state index < -0.39 is 17.5 Å². The standard InChI is InChI=1S/C30H48O4/c1-17-24-18(19(25(32)33)16-30(17,7)34)10-14-28(5)20(24)8-9-22-27(4)13-12-23(31)26(2,3)21(27)11-15-29(22,28)6/h8,17-19,21-24,31,34H,9-16H2,1-7H3,(H,32,33)/t17-,18?,19-,21?,22?,23+,24-,27+,28-,29-,30+/m1/s1. The topological polar surface area (TPSA) is 77.8 Å². The lowest BCUT2D eigenvalue weighted by Gasteiger charge is -2.71.